The molecule has 5 nitrogen and oxygen atoms in total. The molecule has 0 atom stereocenters. The molecule has 1 heterocycles. The van der Waals surface area contributed by atoms with Crippen molar-refractivity contribution in [3.63, 3.8) is 0 Å². The third-order valence-electron chi connectivity index (χ3n) is 2.34. The van der Waals surface area contributed by atoms with Crippen LogP contribution in [-0.4, -0.2) is 37.2 Å². The zero-order chi connectivity index (χ0) is 12.0. The molecule has 90 valence electrons. The van der Waals surface area contributed by atoms with Crippen LogP contribution in [0, 0.1) is 0 Å². The van der Waals surface area contributed by atoms with Gasteiger partial charge in [-0.05, 0) is 19.8 Å². The number of allylic oxidation sites excluding steroid dienone is 1. The van der Waals surface area contributed by atoms with E-state index in [1.165, 1.54) is 12.0 Å². The van der Waals surface area contributed by atoms with Crippen LogP contribution >= 0.6 is 0 Å². The molecule has 0 unspecified atom stereocenters. The Kier molecular flexibility index (Phi) is 4.82. The first-order chi connectivity index (χ1) is 7.69. The molecule has 0 aliphatic carbocycles. The minimum Gasteiger partial charge on any atom is -0.466 e. The van der Waals surface area contributed by atoms with Crippen molar-refractivity contribution in [1.29, 1.82) is 0 Å². The normalized spacial score (nSPS) is 15.4. The standard InChI is InChI=1S/C11H17NO4/c1-3-16-10(13)8-9-6-4-5-7-12(9)11(14)15-2/h6H,3-5,7-8H2,1-2H3. The maximum atomic E-state index is 11.4. The third-order valence-corrected chi connectivity index (χ3v) is 2.34. The Labute approximate surface area is 95.0 Å². The molecule has 5 heteroatoms. The van der Waals surface area contributed by atoms with E-state index in [0.717, 1.165) is 12.8 Å². The summed E-state index contributed by atoms with van der Waals surface area (Å²) >= 11 is 0. The highest BCUT2D eigenvalue weighted by atomic mass is 16.5. The second kappa shape index (κ2) is 6.15. The van der Waals surface area contributed by atoms with E-state index in [1.54, 1.807) is 6.92 Å². The van der Waals surface area contributed by atoms with E-state index in [9.17, 15) is 9.59 Å². The van der Waals surface area contributed by atoms with Gasteiger partial charge < -0.3 is 9.47 Å². The van der Waals surface area contributed by atoms with Crippen LogP contribution in [0.25, 0.3) is 0 Å². The summed E-state index contributed by atoms with van der Waals surface area (Å²) in [7, 11) is 1.33. The molecule has 0 bridgehead atoms. The van der Waals surface area contributed by atoms with E-state index in [0.29, 0.717) is 18.8 Å². The van der Waals surface area contributed by atoms with Crippen molar-refractivity contribution in [2.45, 2.75) is 26.2 Å². The van der Waals surface area contributed by atoms with Crippen LogP contribution in [0.3, 0.4) is 0 Å². The Morgan fingerprint density at radius 1 is 1.50 bits per heavy atom. The van der Waals surface area contributed by atoms with Gasteiger partial charge >= 0.3 is 12.1 Å². The molecule has 0 aromatic carbocycles. The zero-order valence-corrected chi connectivity index (χ0v) is 9.69. The van der Waals surface area contributed by atoms with E-state index < -0.39 is 6.09 Å². The molecular formula is C11H17NO4. The van der Waals surface area contributed by atoms with Gasteiger partial charge in [0.2, 0.25) is 0 Å². The predicted octanol–water partition coefficient (Wildman–Crippen LogP) is 1.69. The van der Waals surface area contributed by atoms with Crippen LogP contribution < -0.4 is 0 Å². The van der Waals surface area contributed by atoms with Gasteiger partial charge in [0.1, 0.15) is 0 Å². The SMILES string of the molecule is CCOC(=O)CC1=CCCCN1C(=O)OC. The summed E-state index contributed by atoms with van der Waals surface area (Å²) in [5, 5.41) is 0. The topological polar surface area (TPSA) is 55.8 Å². The van der Waals surface area contributed by atoms with Gasteiger partial charge in [-0.2, -0.15) is 0 Å². The number of ether oxygens (including phenoxy) is 2. The zero-order valence-electron chi connectivity index (χ0n) is 9.69. The lowest BCUT2D eigenvalue weighted by molar-refractivity contribution is -0.142. The molecule has 0 spiro atoms. The van der Waals surface area contributed by atoms with Crippen molar-refractivity contribution in [2.75, 3.05) is 20.3 Å². The van der Waals surface area contributed by atoms with E-state index in [1.807, 2.05) is 6.08 Å². The minimum atomic E-state index is -0.421. The molecule has 0 aromatic rings. The van der Waals surface area contributed by atoms with Crippen molar-refractivity contribution in [1.82, 2.24) is 4.90 Å². The molecule has 1 rings (SSSR count). The number of hydrogen-bond donors (Lipinski definition) is 0. The fourth-order valence-corrected chi connectivity index (χ4v) is 1.62. The van der Waals surface area contributed by atoms with Crippen LogP contribution in [-0.2, 0) is 14.3 Å². The van der Waals surface area contributed by atoms with E-state index in [-0.39, 0.29) is 12.4 Å². The molecule has 0 saturated carbocycles. The Bertz CT molecular complexity index is 298. The van der Waals surface area contributed by atoms with Gasteiger partial charge in [-0.1, -0.05) is 6.08 Å². The van der Waals surface area contributed by atoms with Crippen molar-refractivity contribution < 1.29 is 19.1 Å². The fourth-order valence-electron chi connectivity index (χ4n) is 1.62. The highest BCUT2D eigenvalue weighted by molar-refractivity contribution is 5.76. The van der Waals surface area contributed by atoms with Gasteiger partial charge in [0, 0.05) is 12.2 Å². The fraction of sp³-hybridized carbons (Fsp3) is 0.636. The molecule has 0 radical (unpaired) electrons. The maximum absolute atomic E-state index is 11.4. The first kappa shape index (κ1) is 12.5. The lowest BCUT2D eigenvalue weighted by atomic mass is 10.1. The quantitative estimate of drug-likeness (QED) is 0.688. The number of carbonyl (C=O) groups is 2. The van der Waals surface area contributed by atoms with Gasteiger partial charge in [-0.3, -0.25) is 9.69 Å². The average molecular weight is 227 g/mol. The lowest BCUT2D eigenvalue weighted by Gasteiger charge is -2.26. The molecule has 1 aliphatic heterocycles. The maximum Gasteiger partial charge on any atom is 0.413 e. The summed E-state index contributed by atoms with van der Waals surface area (Å²) in [6.07, 6.45) is 3.36. The van der Waals surface area contributed by atoms with Crippen molar-refractivity contribution in [3.8, 4) is 0 Å². The van der Waals surface area contributed by atoms with Gasteiger partial charge in [0.25, 0.3) is 0 Å². The summed E-state index contributed by atoms with van der Waals surface area (Å²) < 4.78 is 9.50. The molecule has 16 heavy (non-hydrogen) atoms. The Balaban J connectivity index is 2.63. The average Bonchev–Trinajstić information content (AvgIpc) is 2.29. The molecule has 0 saturated heterocycles. The predicted molar refractivity (Wildman–Crippen MR) is 57.7 cm³/mol. The van der Waals surface area contributed by atoms with Gasteiger partial charge in [-0.15, -0.1) is 0 Å². The number of methoxy groups -OCH3 is 1. The van der Waals surface area contributed by atoms with Gasteiger partial charge in [0.15, 0.2) is 0 Å². The number of amides is 1. The first-order valence-electron chi connectivity index (χ1n) is 5.39. The van der Waals surface area contributed by atoms with Crippen LogP contribution in [0.2, 0.25) is 0 Å². The van der Waals surface area contributed by atoms with E-state index in [4.69, 9.17) is 4.74 Å². The summed E-state index contributed by atoms with van der Waals surface area (Å²) in [6, 6.07) is 0. The van der Waals surface area contributed by atoms with Crippen LogP contribution in [0.15, 0.2) is 11.8 Å². The Hall–Kier alpha value is -1.52. The van der Waals surface area contributed by atoms with Crippen LogP contribution in [0.4, 0.5) is 4.79 Å². The van der Waals surface area contributed by atoms with Crippen LogP contribution in [0.5, 0.6) is 0 Å². The highest BCUT2D eigenvalue weighted by Gasteiger charge is 2.23. The van der Waals surface area contributed by atoms with E-state index >= 15 is 0 Å². The minimum absolute atomic E-state index is 0.128. The van der Waals surface area contributed by atoms with Crippen LogP contribution in [0.1, 0.15) is 26.2 Å². The molecule has 0 N–H and O–H groups in total. The molecular weight excluding hydrogens is 210 g/mol. The second-order valence-electron chi connectivity index (χ2n) is 3.44. The second-order valence-corrected chi connectivity index (χ2v) is 3.44. The summed E-state index contributed by atoms with van der Waals surface area (Å²) in [6.45, 7) is 2.70. The Morgan fingerprint density at radius 3 is 2.88 bits per heavy atom. The smallest absolute Gasteiger partial charge is 0.413 e. The Morgan fingerprint density at radius 2 is 2.25 bits per heavy atom. The molecule has 0 aromatic heterocycles. The number of nitrogens with zero attached hydrogens (tertiary/aromatic N) is 1. The number of hydrogen-bond acceptors (Lipinski definition) is 4. The lowest BCUT2D eigenvalue weighted by Crippen LogP contribution is -2.34. The summed E-state index contributed by atoms with van der Waals surface area (Å²) in [5.74, 6) is -0.315. The largest absolute Gasteiger partial charge is 0.466 e. The molecule has 1 amide bonds. The number of esters is 1. The summed E-state index contributed by atoms with van der Waals surface area (Å²) in [5.41, 5.74) is 0.677. The monoisotopic (exact) mass is 227 g/mol. The summed E-state index contributed by atoms with van der Waals surface area (Å²) in [4.78, 5) is 24.2. The van der Waals surface area contributed by atoms with Crippen molar-refractivity contribution >= 4 is 12.1 Å². The molecule has 1 aliphatic rings. The highest BCUT2D eigenvalue weighted by Crippen LogP contribution is 2.19. The first-order valence-corrected chi connectivity index (χ1v) is 5.39. The van der Waals surface area contributed by atoms with Gasteiger partial charge in [0.05, 0.1) is 20.1 Å². The van der Waals surface area contributed by atoms with Crippen molar-refractivity contribution in [3.05, 3.63) is 11.8 Å². The number of carbonyl (C=O) groups excluding carboxylic acids is 2. The number of rotatable bonds is 3. The van der Waals surface area contributed by atoms with Crippen molar-refractivity contribution in [2.24, 2.45) is 0 Å². The third kappa shape index (κ3) is 3.25. The molecule has 0 fully saturated rings. The van der Waals surface area contributed by atoms with Gasteiger partial charge in [-0.25, -0.2) is 4.79 Å². The van der Waals surface area contributed by atoms with E-state index in [2.05, 4.69) is 4.74 Å².